The van der Waals surface area contributed by atoms with Crippen LogP contribution in [0.15, 0.2) is 72.8 Å². The smallest absolute Gasteiger partial charge is 0.224 e. The van der Waals surface area contributed by atoms with E-state index in [9.17, 15) is 10.1 Å². The molecule has 0 saturated heterocycles. The van der Waals surface area contributed by atoms with Crippen LogP contribution in [0, 0.1) is 10.1 Å². The standard InChI is InChI=1S/C23H19Cl2N3O3/c24-17-3-4-19(22(25)11-17)21-12-20(15-2-1-7-27-13-15)16(10-23(21)28(29)30)14-31-18-5-8-26-9-6-18/h1-9,11,13,21,23H,10,12,14H2. The first kappa shape index (κ1) is 21.3. The van der Waals surface area contributed by atoms with Gasteiger partial charge < -0.3 is 4.74 Å². The minimum atomic E-state index is -0.824. The third-order valence-electron chi connectivity index (χ3n) is 5.48. The first-order valence-electron chi connectivity index (χ1n) is 9.75. The van der Waals surface area contributed by atoms with E-state index in [4.69, 9.17) is 27.9 Å². The zero-order valence-electron chi connectivity index (χ0n) is 16.4. The maximum atomic E-state index is 12.0. The number of nitro groups is 1. The molecule has 0 bridgehead atoms. The quantitative estimate of drug-likeness (QED) is 0.344. The van der Waals surface area contributed by atoms with Gasteiger partial charge >= 0.3 is 0 Å². The fourth-order valence-electron chi connectivity index (χ4n) is 3.97. The highest BCUT2D eigenvalue weighted by molar-refractivity contribution is 6.35. The molecule has 0 saturated carbocycles. The predicted molar refractivity (Wildman–Crippen MR) is 120 cm³/mol. The average molecular weight is 456 g/mol. The van der Waals surface area contributed by atoms with Crippen LogP contribution in [0.2, 0.25) is 10.0 Å². The minimum Gasteiger partial charge on any atom is -0.489 e. The summed E-state index contributed by atoms with van der Waals surface area (Å²) >= 11 is 12.5. The molecule has 0 radical (unpaired) electrons. The Hall–Kier alpha value is -2.96. The van der Waals surface area contributed by atoms with Crippen molar-refractivity contribution in [3.05, 3.63) is 104 Å². The molecule has 6 nitrogen and oxygen atoms in total. The Bertz CT molecular complexity index is 1110. The summed E-state index contributed by atoms with van der Waals surface area (Å²) in [5.41, 5.74) is 3.53. The Morgan fingerprint density at radius 1 is 1.06 bits per heavy atom. The molecule has 0 aliphatic heterocycles. The topological polar surface area (TPSA) is 78.2 Å². The van der Waals surface area contributed by atoms with Crippen LogP contribution in [-0.4, -0.2) is 27.5 Å². The Kier molecular flexibility index (Phi) is 6.49. The molecule has 0 fully saturated rings. The van der Waals surface area contributed by atoms with Crippen LogP contribution in [0.5, 0.6) is 5.75 Å². The van der Waals surface area contributed by atoms with Crippen molar-refractivity contribution >= 4 is 28.8 Å². The van der Waals surface area contributed by atoms with Crippen LogP contribution in [0.25, 0.3) is 5.57 Å². The van der Waals surface area contributed by atoms with Gasteiger partial charge in [-0.2, -0.15) is 0 Å². The maximum absolute atomic E-state index is 12.0. The second kappa shape index (κ2) is 9.45. The summed E-state index contributed by atoms with van der Waals surface area (Å²) in [5.74, 6) is 0.271. The van der Waals surface area contributed by atoms with Gasteiger partial charge in [0, 0.05) is 46.2 Å². The molecule has 8 heteroatoms. The predicted octanol–water partition coefficient (Wildman–Crippen LogP) is 5.84. The van der Waals surface area contributed by atoms with Gasteiger partial charge in [-0.1, -0.05) is 35.3 Å². The summed E-state index contributed by atoms with van der Waals surface area (Å²) in [5, 5.41) is 13.0. The number of allylic oxidation sites excluding steroid dienone is 1. The van der Waals surface area contributed by atoms with Crippen molar-refractivity contribution in [1.29, 1.82) is 0 Å². The van der Waals surface area contributed by atoms with Gasteiger partial charge in [-0.15, -0.1) is 0 Å². The lowest BCUT2D eigenvalue weighted by Crippen LogP contribution is -2.33. The molecule has 0 N–H and O–H groups in total. The number of hydrogen-bond acceptors (Lipinski definition) is 5. The van der Waals surface area contributed by atoms with Crippen LogP contribution < -0.4 is 4.74 Å². The molecule has 2 atom stereocenters. The Morgan fingerprint density at radius 3 is 2.55 bits per heavy atom. The Labute approximate surface area is 189 Å². The Morgan fingerprint density at radius 2 is 1.87 bits per heavy atom. The van der Waals surface area contributed by atoms with Crippen molar-refractivity contribution < 1.29 is 9.66 Å². The summed E-state index contributed by atoms with van der Waals surface area (Å²) < 4.78 is 5.92. The van der Waals surface area contributed by atoms with E-state index in [1.807, 2.05) is 12.1 Å². The second-order valence-corrected chi connectivity index (χ2v) is 8.17. The van der Waals surface area contributed by atoms with E-state index < -0.39 is 6.04 Å². The lowest BCUT2D eigenvalue weighted by atomic mass is 9.75. The number of benzene rings is 1. The fraction of sp³-hybridized carbons (Fsp3) is 0.217. The van der Waals surface area contributed by atoms with E-state index in [1.165, 1.54) is 0 Å². The molecule has 1 aliphatic carbocycles. The van der Waals surface area contributed by atoms with E-state index in [0.29, 0.717) is 22.2 Å². The minimum absolute atomic E-state index is 0.220. The molecular weight excluding hydrogens is 437 g/mol. The SMILES string of the molecule is O=[N+]([O-])C1CC(COc2ccncc2)=C(c2cccnc2)CC1c1ccc(Cl)cc1Cl. The first-order valence-corrected chi connectivity index (χ1v) is 10.5. The van der Waals surface area contributed by atoms with Gasteiger partial charge in [-0.25, -0.2) is 0 Å². The van der Waals surface area contributed by atoms with E-state index in [-0.39, 0.29) is 23.9 Å². The van der Waals surface area contributed by atoms with Gasteiger partial charge in [0.1, 0.15) is 12.4 Å². The van der Waals surface area contributed by atoms with E-state index in [0.717, 1.165) is 22.3 Å². The molecule has 0 amide bonds. The van der Waals surface area contributed by atoms with Crippen molar-refractivity contribution in [2.24, 2.45) is 0 Å². The largest absolute Gasteiger partial charge is 0.489 e. The highest BCUT2D eigenvalue weighted by Crippen LogP contribution is 2.44. The summed E-state index contributed by atoms with van der Waals surface area (Å²) in [6, 6.07) is 11.6. The normalized spacial score (nSPS) is 18.6. The van der Waals surface area contributed by atoms with Crippen molar-refractivity contribution in [3.63, 3.8) is 0 Å². The molecule has 2 aromatic heterocycles. The molecule has 4 rings (SSSR count). The number of aromatic nitrogens is 2. The van der Waals surface area contributed by atoms with E-state index in [1.54, 1.807) is 55.1 Å². The summed E-state index contributed by atoms with van der Waals surface area (Å²) in [6.45, 7) is 0.250. The van der Waals surface area contributed by atoms with Gasteiger partial charge in [-0.05, 0) is 59.0 Å². The summed E-state index contributed by atoms with van der Waals surface area (Å²) in [4.78, 5) is 20.0. The van der Waals surface area contributed by atoms with Crippen molar-refractivity contribution in [2.45, 2.75) is 24.8 Å². The summed E-state index contributed by atoms with van der Waals surface area (Å²) in [6.07, 6.45) is 7.47. The zero-order chi connectivity index (χ0) is 21.8. The number of rotatable bonds is 6. The van der Waals surface area contributed by atoms with E-state index in [2.05, 4.69) is 9.97 Å². The number of ether oxygens (including phenoxy) is 1. The van der Waals surface area contributed by atoms with Gasteiger partial charge in [0.25, 0.3) is 0 Å². The van der Waals surface area contributed by atoms with Crippen molar-refractivity contribution in [1.82, 2.24) is 9.97 Å². The monoisotopic (exact) mass is 455 g/mol. The number of hydrogen-bond donors (Lipinski definition) is 0. The van der Waals surface area contributed by atoms with Crippen LogP contribution >= 0.6 is 23.2 Å². The molecule has 2 heterocycles. The molecule has 158 valence electrons. The summed E-state index contributed by atoms with van der Waals surface area (Å²) in [7, 11) is 0. The highest BCUT2D eigenvalue weighted by Gasteiger charge is 2.40. The maximum Gasteiger partial charge on any atom is 0.224 e. The second-order valence-electron chi connectivity index (χ2n) is 7.33. The lowest BCUT2D eigenvalue weighted by Gasteiger charge is -2.31. The molecule has 3 aromatic rings. The van der Waals surface area contributed by atoms with Crippen LogP contribution in [0.3, 0.4) is 0 Å². The van der Waals surface area contributed by atoms with Crippen LogP contribution in [0.4, 0.5) is 0 Å². The fourth-order valence-corrected chi connectivity index (χ4v) is 4.52. The molecule has 1 aromatic carbocycles. The van der Waals surface area contributed by atoms with Crippen molar-refractivity contribution in [2.75, 3.05) is 6.61 Å². The molecular formula is C23H19Cl2N3O3. The van der Waals surface area contributed by atoms with Gasteiger partial charge in [0.2, 0.25) is 6.04 Å². The molecule has 31 heavy (non-hydrogen) atoms. The number of nitrogens with zero attached hydrogens (tertiary/aromatic N) is 3. The molecule has 0 spiro atoms. The van der Waals surface area contributed by atoms with Gasteiger partial charge in [0.15, 0.2) is 0 Å². The molecule has 1 aliphatic rings. The molecule has 2 unspecified atom stereocenters. The van der Waals surface area contributed by atoms with Crippen LogP contribution in [0.1, 0.15) is 29.9 Å². The van der Waals surface area contributed by atoms with Gasteiger partial charge in [-0.3, -0.25) is 20.1 Å². The first-order chi connectivity index (χ1) is 15.0. The van der Waals surface area contributed by atoms with Gasteiger partial charge in [0.05, 0.1) is 5.92 Å². The van der Waals surface area contributed by atoms with Crippen molar-refractivity contribution in [3.8, 4) is 5.75 Å². The van der Waals surface area contributed by atoms with Crippen LogP contribution in [-0.2, 0) is 0 Å². The number of pyridine rings is 2. The lowest BCUT2D eigenvalue weighted by molar-refractivity contribution is -0.526. The number of halogens is 2. The zero-order valence-corrected chi connectivity index (χ0v) is 18.0. The third kappa shape index (κ3) is 4.86. The highest BCUT2D eigenvalue weighted by atomic mass is 35.5. The Balaban J connectivity index is 1.74. The average Bonchev–Trinajstić information content (AvgIpc) is 2.78. The third-order valence-corrected chi connectivity index (χ3v) is 6.04. The van der Waals surface area contributed by atoms with E-state index >= 15 is 0 Å².